The number of nitrogens with zero attached hydrogens (tertiary/aromatic N) is 2. The van der Waals surface area contributed by atoms with Gasteiger partial charge in [-0.15, -0.1) is 0 Å². The van der Waals surface area contributed by atoms with E-state index in [0.717, 1.165) is 66.5 Å². The Morgan fingerprint density at radius 1 is 1.21 bits per heavy atom. The molecule has 4 rings (SSSR count). The predicted molar refractivity (Wildman–Crippen MR) is 94.9 cm³/mol. The number of para-hydroxylation sites is 1. The summed E-state index contributed by atoms with van der Waals surface area (Å²) in [6.45, 7) is 3.19. The number of rotatable bonds is 6. The summed E-state index contributed by atoms with van der Waals surface area (Å²) < 4.78 is 5.11. The van der Waals surface area contributed by atoms with Gasteiger partial charge >= 0.3 is 0 Å². The van der Waals surface area contributed by atoms with Crippen LogP contribution in [-0.4, -0.2) is 35.2 Å². The molecule has 0 bridgehead atoms. The summed E-state index contributed by atoms with van der Waals surface area (Å²) in [5.74, 6) is 1.70. The first-order chi connectivity index (χ1) is 11.9. The first-order valence-electron chi connectivity index (χ1n) is 8.26. The van der Waals surface area contributed by atoms with Gasteiger partial charge in [-0.3, -0.25) is 0 Å². The van der Waals surface area contributed by atoms with E-state index in [4.69, 9.17) is 14.7 Å². The molecule has 2 aromatic heterocycles. The maximum atomic E-state index is 5.11. The molecule has 3 heterocycles. The van der Waals surface area contributed by atoms with Gasteiger partial charge in [0.15, 0.2) is 5.82 Å². The molecule has 6 heteroatoms. The van der Waals surface area contributed by atoms with Crippen molar-refractivity contribution in [2.24, 2.45) is 0 Å². The summed E-state index contributed by atoms with van der Waals surface area (Å²) in [5, 5.41) is 7.96. The molecule has 3 N–H and O–H groups in total. The van der Waals surface area contributed by atoms with Crippen molar-refractivity contribution in [3.8, 4) is 11.4 Å². The smallest absolute Gasteiger partial charge is 0.163 e. The number of fused-ring (bicyclic) bond motifs is 2. The fourth-order valence-corrected chi connectivity index (χ4v) is 3.11. The summed E-state index contributed by atoms with van der Waals surface area (Å²) in [7, 11) is 1.72. The molecule has 0 radical (unpaired) electrons. The van der Waals surface area contributed by atoms with E-state index in [1.54, 1.807) is 7.11 Å². The second-order valence-corrected chi connectivity index (χ2v) is 5.95. The number of ether oxygens (including phenoxy) is 1. The number of benzene rings is 1. The number of aromatic amines is 1. The number of nitrogens with one attached hydrogen (secondary N) is 3. The topological polar surface area (TPSA) is 74.9 Å². The highest BCUT2D eigenvalue weighted by Crippen LogP contribution is 2.30. The highest BCUT2D eigenvalue weighted by Gasteiger charge is 2.20. The van der Waals surface area contributed by atoms with E-state index >= 15 is 0 Å². The molecule has 0 fully saturated rings. The lowest BCUT2D eigenvalue weighted by atomic mass is 10.1. The Morgan fingerprint density at radius 2 is 2.12 bits per heavy atom. The maximum absolute atomic E-state index is 5.11. The highest BCUT2D eigenvalue weighted by molar-refractivity contribution is 5.93. The van der Waals surface area contributed by atoms with Crippen LogP contribution >= 0.6 is 0 Å². The van der Waals surface area contributed by atoms with E-state index in [1.165, 1.54) is 5.56 Å². The minimum absolute atomic E-state index is 0.744. The van der Waals surface area contributed by atoms with Crippen LogP contribution in [0.5, 0.6) is 0 Å². The molecular formula is C18H21N5O. The van der Waals surface area contributed by atoms with E-state index in [9.17, 15) is 0 Å². The van der Waals surface area contributed by atoms with Crippen molar-refractivity contribution in [3.05, 3.63) is 41.7 Å². The molecule has 1 aliphatic heterocycles. The molecule has 0 saturated heterocycles. The zero-order valence-corrected chi connectivity index (χ0v) is 13.7. The monoisotopic (exact) mass is 323 g/mol. The quantitative estimate of drug-likeness (QED) is 0.608. The van der Waals surface area contributed by atoms with Gasteiger partial charge in [-0.05, 0) is 12.5 Å². The van der Waals surface area contributed by atoms with E-state index in [0.29, 0.717) is 0 Å². The molecule has 1 aliphatic rings. The normalized spacial score (nSPS) is 13.4. The average molecular weight is 323 g/mol. The lowest BCUT2D eigenvalue weighted by Crippen LogP contribution is -2.10. The summed E-state index contributed by atoms with van der Waals surface area (Å²) >= 11 is 0. The number of hydrogen-bond acceptors (Lipinski definition) is 5. The molecule has 0 amide bonds. The summed E-state index contributed by atoms with van der Waals surface area (Å²) in [6.07, 6.45) is 2.94. The molecular weight excluding hydrogens is 302 g/mol. The third-order valence-electron chi connectivity index (χ3n) is 4.33. The molecule has 124 valence electrons. The molecule has 0 unspecified atom stereocenters. The molecule has 0 spiro atoms. The number of anilines is 1. The molecule has 0 aliphatic carbocycles. The van der Waals surface area contributed by atoms with Crippen LogP contribution in [0.1, 0.15) is 17.7 Å². The first-order valence-corrected chi connectivity index (χ1v) is 8.26. The van der Waals surface area contributed by atoms with Crippen molar-refractivity contribution in [2.45, 2.75) is 19.5 Å². The summed E-state index contributed by atoms with van der Waals surface area (Å²) in [4.78, 5) is 12.9. The second-order valence-electron chi connectivity index (χ2n) is 5.95. The van der Waals surface area contributed by atoms with Crippen molar-refractivity contribution in [2.75, 3.05) is 25.6 Å². The van der Waals surface area contributed by atoms with Crippen molar-refractivity contribution in [1.29, 1.82) is 0 Å². The highest BCUT2D eigenvalue weighted by atomic mass is 16.5. The molecule has 0 saturated carbocycles. The van der Waals surface area contributed by atoms with Gasteiger partial charge in [0.1, 0.15) is 5.82 Å². The molecule has 24 heavy (non-hydrogen) atoms. The lowest BCUT2D eigenvalue weighted by Gasteiger charge is -2.11. The van der Waals surface area contributed by atoms with Crippen LogP contribution in [0.4, 0.5) is 5.82 Å². The van der Waals surface area contributed by atoms with Crippen LogP contribution in [0.3, 0.4) is 0 Å². The number of hydrogen-bond donors (Lipinski definition) is 3. The average Bonchev–Trinajstić information content (AvgIpc) is 3.25. The molecule has 6 nitrogen and oxygen atoms in total. The van der Waals surface area contributed by atoms with Gasteiger partial charge in [0.2, 0.25) is 0 Å². The minimum atomic E-state index is 0.744. The Labute approximate surface area is 140 Å². The van der Waals surface area contributed by atoms with Gasteiger partial charge in [-0.2, -0.15) is 0 Å². The Hall–Kier alpha value is -2.44. The largest absolute Gasteiger partial charge is 0.385 e. The van der Waals surface area contributed by atoms with E-state index in [-0.39, 0.29) is 0 Å². The lowest BCUT2D eigenvalue weighted by molar-refractivity contribution is 0.197. The van der Waals surface area contributed by atoms with Gasteiger partial charge in [0.05, 0.1) is 5.69 Å². The minimum Gasteiger partial charge on any atom is -0.385 e. The Morgan fingerprint density at radius 3 is 3.04 bits per heavy atom. The van der Waals surface area contributed by atoms with Gasteiger partial charge in [-0.1, -0.05) is 18.2 Å². The zero-order valence-electron chi connectivity index (χ0n) is 13.7. The Balaban J connectivity index is 1.71. The van der Waals surface area contributed by atoms with Crippen LogP contribution < -0.4 is 10.6 Å². The SMILES string of the molecule is COCCCNc1nc(-c2c[nH]c3ccccc23)nc2c1CNC2. The van der Waals surface area contributed by atoms with E-state index < -0.39 is 0 Å². The fraction of sp³-hybridized carbons (Fsp3) is 0.333. The zero-order chi connectivity index (χ0) is 16.4. The summed E-state index contributed by atoms with van der Waals surface area (Å²) in [6, 6.07) is 8.23. The van der Waals surface area contributed by atoms with Gasteiger partial charge < -0.3 is 20.4 Å². The van der Waals surface area contributed by atoms with E-state index in [1.807, 2.05) is 18.3 Å². The number of aromatic nitrogens is 3. The van der Waals surface area contributed by atoms with Crippen LogP contribution in [0.15, 0.2) is 30.5 Å². The van der Waals surface area contributed by atoms with Crippen LogP contribution in [-0.2, 0) is 17.8 Å². The van der Waals surface area contributed by atoms with Crippen LogP contribution in [0.2, 0.25) is 0 Å². The first kappa shape index (κ1) is 15.1. The van der Waals surface area contributed by atoms with Crippen molar-refractivity contribution >= 4 is 16.7 Å². The summed E-state index contributed by atoms with van der Waals surface area (Å²) in [5.41, 5.74) is 4.40. The predicted octanol–water partition coefficient (Wildman–Crippen LogP) is 2.68. The van der Waals surface area contributed by atoms with E-state index in [2.05, 4.69) is 27.8 Å². The fourth-order valence-electron chi connectivity index (χ4n) is 3.11. The third-order valence-corrected chi connectivity index (χ3v) is 4.33. The number of methoxy groups -OCH3 is 1. The molecule has 0 atom stereocenters. The van der Waals surface area contributed by atoms with Crippen molar-refractivity contribution < 1.29 is 4.74 Å². The van der Waals surface area contributed by atoms with Gasteiger partial charge in [0.25, 0.3) is 0 Å². The van der Waals surface area contributed by atoms with Gasteiger partial charge in [0, 0.05) is 61.6 Å². The van der Waals surface area contributed by atoms with Crippen LogP contribution in [0, 0.1) is 0 Å². The number of H-pyrrole nitrogens is 1. The maximum Gasteiger partial charge on any atom is 0.163 e. The molecule has 3 aromatic rings. The Bertz CT molecular complexity index is 858. The molecule has 1 aromatic carbocycles. The Kier molecular flexibility index (Phi) is 4.15. The van der Waals surface area contributed by atoms with Crippen molar-refractivity contribution in [1.82, 2.24) is 20.3 Å². The third kappa shape index (κ3) is 2.74. The van der Waals surface area contributed by atoms with Crippen molar-refractivity contribution in [3.63, 3.8) is 0 Å². The van der Waals surface area contributed by atoms with Crippen LogP contribution in [0.25, 0.3) is 22.3 Å². The second kappa shape index (κ2) is 6.59. The van der Waals surface area contributed by atoms with Gasteiger partial charge in [-0.25, -0.2) is 9.97 Å². The standard InChI is InChI=1S/C18H21N5O/c1-24-8-4-7-20-17-14-9-19-11-16(14)22-18(23-17)13-10-21-15-6-3-2-5-12(13)15/h2-3,5-6,10,19,21H,4,7-9,11H2,1H3,(H,20,22,23).